The van der Waals surface area contributed by atoms with Crippen LogP contribution in [-0.4, -0.2) is 40.8 Å². The first kappa shape index (κ1) is 17.0. The second kappa shape index (κ2) is 8.30. The van der Waals surface area contributed by atoms with Crippen molar-refractivity contribution in [1.29, 1.82) is 0 Å². The number of nitrogens with zero attached hydrogens (tertiary/aromatic N) is 1. The van der Waals surface area contributed by atoms with Gasteiger partial charge in [-0.3, -0.25) is 0 Å². The monoisotopic (exact) mass is 381 g/mol. The van der Waals surface area contributed by atoms with Gasteiger partial charge in [-0.15, -0.1) is 0 Å². The predicted octanol–water partition coefficient (Wildman–Crippen LogP) is 2.31. The van der Waals surface area contributed by atoms with E-state index in [9.17, 15) is 8.42 Å². The molecule has 0 fully saturated rings. The average Bonchev–Trinajstić information content (AvgIpc) is 2.56. The third-order valence-corrected chi connectivity index (χ3v) is 7.03. The Morgan fingerprint density at radius 2 is 1.59 bits per heavy atom. The fourth-order valence-corrected chi connectivity index (χ4v) is 5.55. The Morgan fingerprint density at radius 1 is 1.00 bits per heavy atom. The minimum absolute atomic E-state index is 0.271. The topological polar surface area (TPSA) is 37.4 Å². The van der Waals surface area contributed by atoms with Crippen molar-refractivity contribution in [3.05, 3.63) is 73.3 Å². The first-order valence-electron chi connectivity index (χ1n) is 6.98. The van der Waals surface area contributed by atoms with Crippen LogP contribution < -0.4 is 4.46 Å². The molecule has 3 nitrogen and oxygen atoms in total. The van der Waals surface area contributed by atoms with Gasteiger partial charge in [0, 0.05) is 0 Å². The fourth-order valence-electron chi connectivity index (χ4n) is 1.98. The summed E-state index contributed by atoms with van der Waals surface area (Å²) in [7, 11) is -3.45. The summed E-state index contributed by atoms with van der Waals surface area (Å²) >= 11 is 0.271. The predicted molar refractivity (Wildman–Crippen MR) is 92.0 cm³/mol. The Hall–Kier alpha value is -1.39. The summed E-state index contributed by atoms with van der Waals surface area (Å²) in [4.78, 5) is 0.337. The van der Waals surface area contributed by atoms with Gasteiger partial charge in [-0.1, -0.05) is 0 Å². The van der Waals surface area contributed by atoms with Crippen LogP contribution in [0.2, 0.25) is 5.32 Å². The number of sulfonamides is 1. The quantitative estimate of drug-likeness (QED) is 0.521. The maximum atomic E-state index is 12.6. The molecule has 0 saturated heterocycles. The number of rotatable bonds is 8. The molecule has 0 atom stereocenters. The second-order valence-electron chi connectivity index (χ2n) is 4.63. The van der Waals surface area contributed by atoms with Gasteiger partial charge in [0.15, 0.2) is 0 Å². The molecule has 0 spiro atoms. The summed E-state index contributed by atoms with van der Waals surface area (Å²) in [5, 5.41) is 0.844. The molecule has 0 radical (unpaired) electrons. The molecule has 22 heavy (non-hydrogen) atoms. The van der Waals surface area contributed by atoms with Crippen molar-refractivity contribution in [3.63, 3.8) is 0 Å². The molecule has 0 aliphatic heterocycles. The fraction of sp³-hybridized carbons (Fsp3) is 0.176. The molecule has 0 heterocycles. The number of hydrogen-bond donors (Lipinski definition) is 0. The first-order valence-corrected chi connectivity index (χ1v) is 10.5. The molecule has 0 unspecified atom stereocenters. The third-order valence-electron chi connectivity index (χ3n) is 3.07. The SMILES string of the molecule is C=CCN(CC[Se]c1ccccc1)S(=O)(=O)c1ccccc1. The summed E-state index contributed by atoms with van der Waals surface area (Å²) in [6.45, 7) is 4.52. The van der Waals surface area contributed by atoms with Gasteiger partial charge in [-0.2, -0.15) is 0 Å². The molecule has 2 rings (SSSR count). The van der Waals surface area contributed by atoms with Crippen molar-refractivity contribution in [2.45, 2.75) is 10.2 Å². The van der Waals surface area contributed by atoms with Crippen LogP contribution in [0.5, 0.6) is 0 Å². The van der Waals surface area contributed by atoms with Crippen molar-refractivity contribution >= 4 is 29.4 Å². The van der Waals surface area contributed by atoms with Gasteiger partial charge in [-0.05, 0) is 0 Å². The van der Waals surface area contributed by atoms with Crippen molar-refractivity contribution < 1.29 is 8.42 Å². The summed E-state index contributed by atoms with van der Waals surface area (Å²) in [6, 6.07) is 18.8. The van der Waals surface area contributed by atoms with Gasteiger partial charge in [-0.25, -0.2) is 0 Å². The van der Waals surface area contributed by atoms with E-state index in [1.807, 2.05) is 24.3 Å². The van der Waals surface area contributed by atoms with Crippen molar-refractivity contribution in [1.82, 2.24) is 4.31 Å². The molecule has 116 valence electrons. The van der Waals surface area contributed by atoms with E-state index in [1.54, 1.807) is 30.3 Å². The van der Waals surface area contributed by atoms with Crippen LogP contribution in [0.3, 0.4) is 0 Å². The zero-order chi connectivity index (χ0) is 15.8. The Kier molecular flexibility index (Phi) is 6.40. The van der Waals surface area contributed by atoms with Gasteiger partial charge in [0.25, 0.3) is 0 Å². The molecule has 0 N–H and O–H groups in total. The molecule has 0 aliphatic carbocycles. The number of hydrogen-bond acceptors (Lipinski definition) is 2. The van der Waals surface area contributed by atoms with E-state index >= 15 is 0 Å². The van der Waals surface area contributed by atoms with Crippen LogP contribution in [-0.2, 0) is 10.0 Å². The van der Waals surface area contributed by atoms with Gasteiger partial charge in [0.05, 0.1) is 0 Å². The van der Waals surface area contributed by atoms with Crippen molar-refractivity contribution in [2.75, 3.05) is 13.1 Å². The number of benzene rings is 2. The van der Waals surface area contributed by atoms with Crippen LogP contribution in [0.25, 0.3) is 0 Å². The third kappa shape index (κ3) is 4.55. The molecular formula is C17H19NO2SSe. The molecule has 0 aromatic heterocycles. The Labute approximate surface area is 138 Å². The van der Waals surface area contributed by atoms with Gasteiger partial charge in [0.2, 0.25) is 0 Å². The van der Waals surface area contributed by atoms with Crippen LogP contribution in [0.1, 0.15) is 0 Å². The van der Waals surface area contributed by atoms with E-state index < -0.39 is 10.0 Å². The van der Waals surface area contributed by atoms with E-state index in [1.165, 1.54) is 8.77 Å². The van der Waals surface area contributed by atoms with Crippen LogP contribution in [0.15, 0.2) is 78.2 Å². The molecule has 5 heteroatoms. The zero-order valence-corrected chi connectivity index (χ0v) is 14.8. The molecule has 0 aliphatic rings. The van der Waals surface area contributed by atoms with Crippen molar-refractivity contribution in [3.8, 4) is 0 Å². The van der Waals surface area contributed by atoms with E-state index in [0.29, 0.717) is 18.0 Å². The van der Waals surface area contributed by atoms with Gasteiger partial charge < -0.3 is 0 Å². The normalized spacial score (nSPS) is 11.5. The molecule has 0 saturated carbocycles. The van der Waals surface area contributed by atoms with E-state index in [0.717, 1.165) is 5.32 Å². The maximum absolute atomic E-state index is 12.6. The average molecular weight is 380 g/mol. The van der Waals surface area contributed by atoms with Gasteiger partial charge >= 0.3 is 139 Å². The molecular weight excluding hydrogens is 361 g/mol. The summed E-state index contributed by atoms with van der Waals surface area (Å²) in [5.41, 5.74) is 0. The van der Waals surface area contributed by atoms with Gasteiger partial charge in [0.1, 0.15) is 0 Å². The van der Waals surface area contributed by atoms with E-state index in [4.69, 9.17) is 0 Å². The minimum atomic E-state index is -3.45. The Balaban J connectivity index is 2.05. The summed E-state index contributed by atoms with van der Waals surface area (Å²) in [5.74, 6) is 0. The summed E-state index contributed by atoms with van der Waals surface area (Å²) in [6.07, 6.45) is 1.63. The van der Waals surface area contributed by atoms with E-state index in [2.05, 4.69) is 18.7 Å². The van der Waals surface area contributed by atoms with Crippen molar-refractivity contribution in [2.24, 2.45) is 0 Å². The van der Waals surface area contributed by atoms with Crippen LogP contribution in [0, 0.1) is 0 Å². The van der Waals surface area contributed by atoms with Crippen LogP contribution in [0.4, 0.5) is 0 Å². The van der Waals surface area contributed by atoms with Crippen LogP contribution >= 0.6 is 0 Å². The molecule has 2 aromatic rings. The Morgan fingerprint density at radius 3 is 2.18 bits per heavy atom. The zero-order valence-electron chi connectivity index (χ0n) is 12.3. The Bertz CT molecular complexity index is 687. The first-order chi connectivity index (χ1) is 10.6. The standard InChI is InChI=1S/C17H19NO2SSe/c1-2-13-18(14-15-22-17-11-7-4-8-12-17)21(19,20)16-9-5-3-6-10-16/h2-12H,1,13-15H2. The molecule has 0 bridgehead atoms. The van der Waals surface area contributed by atoms with E-state index in [-0.39, 0.29) is 15.0 Å². The summed E-state index contributed by atoms with van der Waals surface area (Å²) < 4.78 is 28.1. The second-order valence-corrected chi connectivity index (χ2v) is 9.02. The molecule has 2 aromatic carbocycles. The molecule has 0 amide bonds.